The molecular weight excluding hydrogens is 378 g/mol. The predicted molar refractivity (Wildman–Crippen MR) is 88.4 cm³/mol. The Labute approximate surface area is 150 Å². The molecular formula is C15H9Cl2FN2O5. The van der Waals surface area contributed by atoms with Gasteiger partial charge in [0.05, 0.1) is 20.5 Å². The minimum Gasteiger partial charge on any atom is -0.452 e. The first kappa shape index (κ1) is 18.6. The Morgan fingerprint density at radius 2 is 1.92 bits per heavy atom. The first-order valence-electron chi connectivity index (χ1n) is 6.64. The molecule has 0 aliphatic heterocycles. The van der Waals surface area contributed by atoms with Gasteiger partial charge in [0.2, 0.25) is 0 Å². The van der Waals surface area contributed by atoms with Gasteiger partial charge in [-0.1, -0.05) is 29.3 Å². The number of ether oxygens (including phenoxy) is 1. The van der Waals surface area contributed by atoms with Crippen molar-refractivity contribution < 1.29 is 23.6 Å². The molecule has 2 aromatic carbocycles. The van der Waals surface area contributed by atoms with E-state index < -0.39 is 29.2 Å². The van der Waals surface area contributed by atoms with Crippen LogP contribution in [0.2, 0.25) is 10.0 Å². The van der Waals surface area contributed by atoms with E-state index in [-0.39, 0.29) is 27.0 Å². The van der Waals surface area contributed by atoms with Crippen LogP contribution >= 0.6 is 23.2 Å². The summed E-state index contributed by atoms with van der Waals surface area (Å²) in [5.41, 5.74) is -0.337. The number of carbonyl (C=O) groups is 2. The topological polar surface area (TPSA) is 98.5 Å². The number of nitrogens with zero attached hydrogens (tertiary/aromatic N) is 1. The van der Waals surface area contributed by atoms with Gasteiger partial charge >= 0.3 is 5.97 Å². The van der Waals surface area contributed by atoms with Crippen molar-refractivity contribution in [1.29, 1.82) is 0 Å². The summed E-state index contributed by atoms with van der Waals surface area (Å²) >= 11 is 11.3. The summed E-state index contributed by atoms with van der Waals surface area (Å²) < 4.78 is 18.1. The highest BCUT2D eigenvalue weighted by atomic mass is 35.5. The van der Waals surface area contributed by atoms with E-state index in [0.717, 1.165) is 18.2 Å². The molecule has 2 aromatic rings. The molecule has 7 nitrogen and oxygen atoms in total. The molecule has 0 unspecified atom stereocenters. The van der Waals surface area contributed by atoms with Crippen molar-refractivity contribution in [2.75, 3.05) is 11.9 Å². The van der Waals surface area contributed by atoms with E-state index in [1.54, 1.807) is 0 Å². The number of hydrogen-bond donors (Lipinski definition) is 1. The number of non-ortho nitro benzene ring substituents is 1. The molecule has 0 saturated heterocycles. The van der Waals surface area contributed by atoms with Crippen LogP contribution in [0.4, 0.5) is 15.8 Å². The van der Waals surface area contributed by atoms with Gasteiger partial charge in [-0.3, -0.25) is 14.9 Å². The first-order chi connectivity index (χ1) is 11.8. The highest BCUT2D eigenvalue weighted by Crippen LogP contribution is 2.25. The fraction of sp³-hybridized carbons (Fsp3) is 0.0667. The Kier molecular flexibility index (Phi) is 5.89. The summed E-state index contributed by atoms with van der Waals surface area (Å²) in [5.74, 6) is -2.62. The summed E-state index contributed by atoms with van der Waals surface area (Å²) in [6.45, 7) is -0.692. The number of amides is 1. The number of rotatable bonds is 5. The molecule has 0 atom stereocenters. The van der Waals surface area contributed by atoms with Gasteiger partial charge in [-0.25, -0.2) is 9.18 Å². The van der Waals surface area contributed by atoms with Crippen LogP contribution in [0.25, 0.3) is 0 Å². The monoisotopic (exact) mass is 386 g/mol. The van der Waals surface area contributed by atoms with Gasteiger partial charge in [0, 0.05) is 17.8 Å². The van der Waals surface area contributed by atoms with E-state index in [1.807, 2.05) is 0 Å². The Balaban J connectivity index is 1.98. The largest absolute Gasteiger partial charge is 0.452 e. The summed E-state index contributed by atoms with van der Waals surface area (Å²) in [7, 11) is 0. The lowest BCUT2D eigenvalue weighted by atomic mass is 10.2. The van der Waals surface area contributed by atoms with Crippen LogP contribution < -0.4 is 5.32 Å². The minimum atomic E-state index is -1.02. The summed E-state index contributed by atoms with van der Waals surface area (Å²) in [5, 5.41) is 12.6. The van der Waals surface area contributed by atoms with Gasteiger partial charge in [-0.05, 0) is 18.2 Å². The second-order valence-corrected chi connectivity index (χ2v) is 5.49. The zero-order valence-electron chi connectivity index (χ0n) is 12.3. The van der Waals surface area contributed by atoms with Crippen molar-refractivity contribution in [3.8, 4) is 0 Å². The zero-order valence-corrected chi connectivity index (χ0v) is 13.8. The number of hydrogen-bond acceptors (Lipinski definition) is 5. The van der Waals surface area contributed by atoms with Crippen molar-refractivity contribution in [2.24, 2.45) is 0 Å². The predicted octanol–water partition coefficient (Wildman–Crippen LogP) is 3.84. The number of carbonyl (C=O) groups excluding carboxylic acids is 2. The van der Waals surface area contributed by atoms with Crippen molar-refractivity contribution >= 4 is 46.5 Å². The molecule has 25 heavy (non-hydrogen) atoms. The SMILES string of the molecule is O=C(COC(=O)c1cc(F)c(Cl)cc1Cl)Nc1cccc([N+](=O)[O-])c1. The van der Waals surface area contributed by atoms with Gasteiger partial charge < -0.3 is 10.1 Å². The second kappa shape index (κ2) is 7.91. The van der Waals surface area contributed by atoms with Gasteiger partial charge in [-0.2, -0.15) is 0 Å². The van der Waals surface area contributed by atoms with Crippen LogP contribution in [-0.4, -0.2) is 23.4 Å². The highest BCUT2D eigenvalue weighted by Gasteiger charge is 2.17. The first-order valence-corrected chi connectivity index (χ1v) is 7.39. The molecule has 0 aliphatic carbocycles. The van der Waals surface area contributed by atoms with Crippen molar-refractivity contribution in [3.05, 3.63) is 67.9 Å². The molecule has 0 saturated carbocycles. The highest BCUT2D eigenvalue weighted by molar-refractivity contribution is 6.36. The maximum Gasteiger partial charge on any atom is 0.340 e. The molecule has 0 spiro atoms. The van der Waals surface area contributed by atoms with Gasteiger partial charge in [0.25, 0.3) is 11.6 Å². The normalized spacial score (nSPS) is 10.2. The van der Waals surface area contributed by atoms with E-state index in [9.17, 15) is 24.1 Å². The Morgan fingerprint density at radius 1 is 1.20 bits per heavy atom. The standard InChI is InChI=1S/C15H9Cl2FN2O5/c16-11-6-12(17)13(18)5-10(11)15(22)25-7-14(21)19-8-2-1-3-9(4-8)20(23)24/h1-6H,7H2,(H,19,21). The Morgan fingerprint density at radius 3 is 2.60 bits per heavy atom. The van der Waals surface area contributed by atoms with E-state index in [4.69, 9.17) is 27.9 Å². The number of anilines is 1. The molecule has 0 fully saturated rings. The van der Waals surface area contributed by atoms with E-state index >= 15 is 0 Å². The molecule has 0 bridgehead atoms. The fourth-order valence-corrected chi connectivity index (χ4v) is 2.24. The smallest absolute Gasteiger partial charge is 0.340 e. The summed E-state index contributed by atoms with van der Waals surface area (Å²) in [6.07, 6.45) is 0. The lowest BCUT2D eigenvalue weighted by molar-refractivity contribution is -0.384. The minimum absolute atomic E-state index is 0.129. The van der Waals surface area contributed by atoms with E-state index in [0.29, 0.717) is 0 Å². The molecule has 130 valence electrons. The fourth-order valence-electron chi connectivity index (χ4n) is 1.78. The molecule has 0 aliphatic rings. The van der Waals surface area contributed by atoms with Crippen LogP contribution in [0.1, 0.15) is 10.4 Å². The van der Waals surface area contributed by atoms with Crippen molar-refractivity contribution in [2.45, 2.75) is 0 Å². The molecule has 0 aromatic heterocycles. The average Bonchev–Trinajstić information content (AvgIpc) is 2.56. The Bertz CT molecular complexity index is 860. The number of nitro benzene ring substituents is 1. The molecule has 1 N–H and O–H groups in total. The molecule has 0 heterocycles. The zero-order chi connectivity index (χ0) is 18.6. The maximum absolute atomic E-state index is 13.4. The van der Waals surface area contributed by atoms with Crippen molar-refractivity contribution in [3.63, 3.8) is 0 Å². The van der Waals surface area contributed by atoms with Crippen LogP contribution in [0.5, 0.6) is 0 Å². The van der Waals surface area contributed by atoms with Crippen LogP contribution in [0.3, 0.4) is 0 Å². The third kappa shape index (κ3) is 4.88. The molecule has 0 radical (unpaired) electrons. The molecule has 1 amide bonds. The third-order valence-corrected chi connectivity index (χ3v) is 3.51. The lowest BCUT2D eigenvalue weighted by Gasteiger charge is -2.08. The average molecular weight is 387 g/mol. The number of benzene rings is 2. The van der Waals surface area contributed by atoms with E-state index in [2.05, 4.69) is 5.32 Å². The number of nitro groups is 1. The molecule has 10 heteroatoms. The van der Waals surface area contributed by atoms with Gasteiger partial charge in [0.15, 0.2) is 6.61 Å². The third-order valence-electron chi connectivity index (χ3n) is 2.90. The number of esters is 1. The van der Waals surface area contributed by atoms with Crippen LogP contribution in [0, 0.1) is 15.9 Å². The number of halogens is 3. The number of nitrogens with one attached hydrogen (secondary N) is 1. The summed E-state index contributed by atoms with van der Waals surface area (Å²) in [4.78, 5) is 33.6. The Hall–Kier alpha value is -2.71. The van der Waals surface area contributed by atoms with Crippen molar-refractivity contribution in [1.82, 2.24) is 0 Å². The van der Waals surface area contributed by atoms with E-state index in [1.165, 1.54) is 18.2 Å². The second-order valence-electron chi connectivity index (χ2n) is 4.68. The van der Waals surface area contributed by atoms with Gasteiger partial charge in [-0.15, -0.1) is 0 Å². The van der Waals surface area contributed by atoms with Crippen LogP contribution in [-0.2, 0) is 9.53 Å². The van der Waals surface area contributed by atoms with Gasteiger partial charge in [0.1, 0.15) is 5.82 Å². The molecule has 2 rings (SSSR count). The lowest BCUT2D eigenvalue weighted by Crippen LogP contribution is -2.21. The maximum atomic E-state index is 13.4. The quantitative estimate of drug-likeness (QED) is 0.364. The van der Waals surface area contributed by atoms with Crippen LogP contribution in [0.15, 0.2) is 36.4 Å². The summed E-state index contributed by atoms with van der Waals surface area (Å²) in [6, 6.07) is 7.05.